The molecular weight excluding hydrogens is 386 g/mol. The van der Waals surface area contributed by atoms with E-state index >= 15 is 0 Å². The van der Waals surface area contributed by atoms with Crippen LogP contribution in [0.3, 0.4) is 0 Å². The maximum atomic E-state index is 12.9. The Kier molecular flexibility index (Phi) is 4.97. The highest BCUT2D eigenvalue weighted by atomic mass is 79.9. The second-order valence-corrected chi connectivity index (χ2v) is 6.67. The quantitative estimate of drug-likeness (QED) is 0.683. The van der Waals surface area contributed by atoms with Crippen molar-refractivity contribution in [2.45, 2.75) is 13.0 Å². The van der Waals surface area contributed by atoms with Crippen LogP contribution >= 0.6 is 28.1 Å². The molecule has 0 fully saturated rings. The number of benzene rings is 2. The summed E-state index contributed by atoms with van der Waals surface area (Å²) in [6.45, 7) is 1.86. The molecule has 2 aromatic rings. The monoisotopic (exact) mass is 401 g/mol. The van der Waals surface area contributed by atoms with E-state index in [-0.39, 0.29) is 11.9 Å². The number of nitrogens with one attached hydrogen (secondary N) is 3. The van der Waals surface area contributed by atoms with E-state index in [1.54, 1.807) is 0 Å². The van der Waals surface area contributed by atoms with Crippen molar-refractivity contribution in [3.63, 3.8) is 0 Å². The maximum absolute atomic E-state index is 12.9. The number of anilines is 1. The summed E-state index contributed by atoms with van der Waals surface area (Å²) in [6.07, 6.45) is 0. The molecule has 0 saturated heterocycles. The number of carbonyl (C=O) groups excluding carboxylic acids is 1. The number of hydrogen-bond acceptors (Lipinski definition) is 2. The summed E-state index contributed by atoms with van der Waals surface area (Å²) in [6, 6.07) is 16.9. The predicted molar refractivity (Wildman–Crippen MR) is 104 cm³/mol. The summed E-state index contributed by atoms with van der Waals surface area (Å²) in [5.74, 6) is -0.165. The minimum absolute atomic E-state index is 0.165. The number of hydrogen-bond donors (Lipinski definition) is 3. The van der Waals surface area contributed by atoms with Crippen molar-refractivity contribution >= 4 is 44.9 Å². The van der Waals surface area contributed by atoms with Gasteiger partial charge in [-0.1, -0.05) is 52.3 Å². The average molecular weight is 402 g/mol. The lowest BCUT2D eigenvalue weighted by atomic mass is 9.95. The van der Waals surface area contributed by atoms with Gasteiger partial charge in [0.25, 0.3) is 5.91 Å². The second-order valence-electron chi connectivity index (χ2n) is 5.41. The van der Waals surface area contributed by atoms with Crippen molar-refractivity contribution in [3.05, 3.63) is 75.9 Å². The molecule has 1 aliphatic heterocycles. The number of rotatable bonds is 3. The topological polar surface area (TPSA) is 53.2 Å². The molecule has 122 valence electrons. The van der Waals surface area contributed by atoms with Gasteiger partial charge in [-0.05, 0) is 42.9 Å². The van der Waals surface area contributed by atoms with Crippen molar-refractivity contribution in [2.24, 2.45) is 0 Å². The lowest BCUT2D eigenvalue weighted by Crippen LogP contribution is -2.45. The van der Waals surface area contributed by atoms with E-state index in [9.17, 15) is 4.79 Å². The van der Waals surface area contributed by atoms with Gasteiger partial charge in [-0.3, -0.25) is 4.79 Å². The molecule has 3 N–H and O–H groups in total. The Morgan fingerprint density at radius 2 is 1.79 bits per heavy atom. The maximum Gasteiger partial charge on any atom is 0.255 e. The lowest BCUT2D eigenvalue weighted by Gasteiger charge is -2.31. The molecule has 0 bridgehead atoms. The highest BCUT2D eigenvalue weighted by Crippen LogP contribution is 2.32. The molecule has 1 atom stereocenters. The van der Waals surface area contributed by atoms with E-state index in [4.69, 9.17) is 12.2 Å². The molecule has 1 heterocycles. The van der Waals surface area contributed by atoms with Gasteiger partial charge in [0.15, 0.2) is 5.11 Å². The molecule has 0 saturated carbocycles. The summed E-state index contributed by atoms with van der Waals surface area (Å²) in [5.41, 5.74) is 3.06. The molecular formula is C18H16BrN3OS. The van der Waals surface area contributed by atoms with Crippen molar-refractivity contribution in [3.8, 4) is 0 Å². The van der Waals surface area contributed by atoms with Crippen molar-refractivity contribution in [1.82, 2.24) is 10.6 Å². The van der Waals surface area contributed by atoms with Gasteiger partial charge in [-0.25, -0.2) is 0 Å². The first-order valence-corrected chi connectivity index (χ1v) is 8.65. The summed E-state index contributed by atoms with van der Waals surface area (Å²) >= 11 is 8.83. The SMILES string of the molecule is CC1=C(C(=O)Nc2ccccc2)C(c2ccccc2Br)NC(=S)N1. The van der Waals surface area contributed by atoms with Gasteiger partial charge >= 0.3 is 0 Å². The Morgan fingerprint density at radius 3 is 2.50 bits per heavy atom. The van der Waals surface area contributed by atoms with E-state index in [1.807, 2.05) is 61.5 Å². The number of para-hydroxylation sites is 1. The zero-order valence-corrected chi connectivity index (χ0v) is 15.4. The van der Waals surface area contributed by atoms with Crippen LogP contribution < -0.4 is 16.0 Å². The molecule has 24 heavy (non-hydrogen) atoms. The first kappa shape index (κ1) is 16.7. The van der Waals surface area contributed by atoms with E-state index in [1.165, 1.54) is 0 Å². The highest BCUT2D eigenvalue weighted by Gasteiger charge is 2.30. The smallest absolute Gasteiger partial charge is 0.255 e. The van der Waals surface area contributed by atoms with Gasteiger partial charge in [-0.2, -0.15) is 0 Å². The predicted octanol–water partition coefficient (Wildman–Crippen LogP) is 3.88. The fourth-order valence-corrected chi connectivity index (χ4v) is 3.44. The van der Waals surface area contributed by atoms with Gasteiger partial charge in [0.1, 0.15) is 0 Å². The van der Waals surface area contributed by atoms with Crippen molar-refractivity contribution in [2.75, 3.05) is 5.32 Å². The van der Waals surface area contributed by atoms with Gasteiger partial charge in [0.2, 0.25) is 0 Å². The third-order valence-corrected chi connectivity index (χ3v) is 4.70. The fourth-order valence-electron chi connectivity index (χ4n) is 2.66. The van der Waals surface area contributed by atoms with Crippen molar-refractivity contribution in [1.29, 1.82) is 0 Å². The van der Waals surface area contributed by atoms with Gasteiger partial charge in [0, 0.05) is 15.9 Å². The number of halogens is 1. The molecule has 4 nitrogen and oxygen atoms in total. The van der Waals surface area contributed by atoms with Gasteiger partial charge in [-0.15, -0.1) is 0 Å². The molecule has 6 heteroatoms. The van der Waals surface area contributed by atoms with Crippen LogP contribution in [0.4, 0.5) is 5.69 Å². The summed E-state index contributed by atoms with van der Waals surface area (Å²) < 4.78 is 0.921. The van der Waals surface area contributed by atoms with E-state index < -0.39 is 0 Å². The van der Waals surface area contributed by atoms with Crippen LogP contribution in [0, 0.1) is 0 Å². The number of thiocarbonyl (C=S) groups is 1. The van der Waals surface area contributed by atoms with Gasteiger partial charge < -0.3 is 16.0 Å². The molecule has 2 aromatic carbocycles. The highest BCUT2D eigenvalue weighted by molar-refractivity contribution is 9.10. The third-order valence-electron chi connectivity index (χ3n) is 3.76. The standard InChI is InChI=1S/C18H16BrN3OS/c1-11-15(17(23)21-12-7-3-2-4-8-12)16(22-18(24)20-11)13-9-5-6-10-14(13)19/h2-10,16H,1H3,(H,21,23)(H2,20,22,24). The number of amides is 1. The second kappa shape index (κ2) is 7.15. The van der Waals surface area contributed by atoms with Crippen LogP contribution in [0.2, 0.25) is 0 Å². The Balaban J connectivity index is 1.98. The Labute approximate surface area is 154 Å². The zero-order valence-electron chi connectivity index (χ0n) is 13.0. The Bertz CT molecular complexity index is 820. The van der Waals surface area contributed by atoms with Crippen LogP contribution in [-0.4, -0.2) is 11.0 Å². The number of carbonyl (C=O) groups is 1. The summed E-state index contributed by atoms with van der Waals surface area (Å²) in [4.78, 5) is 12.9. The Morgan fingerprint density at radius 1 is 1.12 bits per heavy atom. The van der Waals surface area contributed by atoms with E-state index in [0.29, 0.717) is 10.7 Å². The first-order valence-electron chi connectivity index (χ1n) is 7.45. The largest absolute Gasteiger partial charge is 0.351 e. The van der Waals surface area contributed by atoms with Crippen LogP contribution in [0.15, 0.2) is 70.3 Å². The minimum Gasteiger partial charge on any atom is -0.351 e. The molecule has 0 radical (unpaired) electrons. The van der Waals surface area contributed by atoms with Crippen molar-refractivity contribution < 1.29 is 4.79 Å². The van der Waals surface area contributed by atoms with Crippen LogP contribution in [-0.2, 0) is 4.79 Å². The number of allylic oxidation sites excluding steroid dienone is 1. The van der Waals surface area contributed by atoms with Gasteiger partial charge in [0.05, 0.1) is 11.6 Å². The molecule has 1 unspecified atom stereocenters. The molecule has 3 rings (SSSR count). The van der Waals surface area contributed by atoms with Crippen LogP contribution in [0.1, 0.15) is 18.5 Å². The molecule has 1 aliphatic rings. The molecule has 1 amide bonds. The lowest BCUT2D eigenvalue weighted by molar-refractivity contribution is -0.113. The van der Waals surface area contributed by atoms with Crippen LogP contribution in [0.25, 0.3) is 0 Å². The molecule has 0 aliphatic carbocycles. The van der Waals surface area contributed by atoms with E-state index in [2.05, 4.69) is 31.9 Å². The first-order chi connectivity index (χ1) is 11.6. The third kappa shape index (κ3) is 3.49. The fraction of sp³-hybridized carbons (Fsp3) is 0.111. The molecule has 0 spiro atoms. The average Bonchev–Trinajstić information content (AvgIpc) is 2.55. The van der Waals surface area contributed by atoms with Crippen LogP contribution in [0.5, 0.6) is 0 Å². The normalized spacial score (nSPS) is 17.1. The summed E-state index contributed by atoms with van der Waals surface area (Å²) in [7, 11) is 0. The minimum atomic E-state index is -0.321. The van der Waals surface area contributed by atoms with E-state index in [0.717, 1.165) is 21.4 Å². The Hall–Kier alpha value is -2.18. The zero-order chi connectivity index (χ0) is 17.1. The molecule has 0 aromatic heterocycles. The summed E-state index contributed by atoms with van der Waals surface area (Å²) in [5, 5.41) is 9.68.